The topological polar surface area (TPSA) is 208 Å². The molecule has 15 atom stereocenters. The number of hydrogen-bond acceptors (Lipinski definition) is 14. The van der Waals surface area contributed by atoms with Crippen molar-refractivity contribution < 1.29 is 68.0 Å². The van der Waals surface area contributed by atoms with Crippen LogP contribution in [0.3, 0.4) is 0 Å². The van der Waals surface area contributed by atoms with Crippen LogP contribution in [0.1, 0.15) is 145 Å². The maximum absolute atomic E-state index is 14.6. The summed E-state index contributed by atoms with van der Waals surface area (Å²) in [5.74, 6) is -6.96. The maximum Gasteiger partial charge on any atom is 0.329 e. The third-order valence-electron chi connectivity index (χ3n) is 15.9. The fourth-order valence-corrected chi connectivity index (χ4v) is 11.1. The number of carbonyl (C=O) groups is 4. The average Bonchev–Trinajstić information content (AvgIpc) is 3.37. The number of unbranched alkanes of at least 4 members (excludes halogenated alkanes) is 1. The molecule has 0 aromatic carbocycles. The Morgan fingerprint density at radius 3 is 2.26 bits per heavy atom. The van der Waals surface area contributed by atoms with Gasteiger partial charge in [-0.2, -0.15) is 0 Å². The lowest BCUT2D eigenvalue weighted by Crippen LogP contribution is -2.61. The number of piperidine rings is 1. The molecule has 15 nitrogen and oxygen atoms in total. The van der Waals surface area contributed by atoms with Crippen LogP contribution >= 0.6 is 0 Å². The van der Waals surface area contributed by atoms with Crippen LogP contribution in [0.5, 0.6) is 0 Å². The van der Waals surface area contributed by atoms with E-state index in [1.165, 1.54) is 12.0 Å². The Morgan fingerprint density at radius 1 is 0.836 bits per heavy atom. The number of aliphatic hydroxyl groups is 4. The highest BCUT2D eigenvalue weighted by molar-refractivity contribution is 6.39. The second kappa shape index (κ2) is 31.0. The predicted molar refractivity (Wildman–Crippen MR) is 280 cm³/mol. The highest BCUT2D eigenvalue weighted by Gasteiger charge is 2.53. The van der Waals surface area contributed by atoms with E-state index in [9.17, 15) is 39.6 Å². The van der Waals surface area contributed by atoms with Crippen molar-refractivity contribution in [2.45, 2.75) is 199 Å². The fraction of sp³-hybridized carbons (Fsp3) is 0.759. The molecule has 1 saturated carbocycles. The summed E-state index contributed by atoms with van der Waals surface area (Å²) in [5.41, 5.74) is 2.17. The summed E-state index contributed by atoms with van der Waals surface area (Å²) >= 11 is 0. The molecule has 4 N–H and O–H groups in total. The van der Waals surface area contributed by atoms with E-state index in [2.05, 4.69) is 26.5 Å². The second-order valence-electron chi connectivity index (χ2n) is 21.7. The lowest BCUT2D eigenvalue weighted by molar-refractivity contribution is -0.266. The monoisotopic (exact) mass is 1030 g/mol. The molecule has 3 aliphatic heterocycles. The third-order valence-corrected chi connectivity index (χ3v) is 15.9. The lowest BCUT2D eigenvalue weighted by atomic mass is 9.78. The van der Waals surface area contributed by atoms with Crippen molar-refractivity contribution in [1.82, 2.24) is 4.90 Å². The smallest absolute Gasteiger partial charge is 0.329 e. The van der Waals surface area contributed by atoms with E-state index in [4.69, 9.17) is 28.4 Å². The van der Waals surface area contributed by atoms with Gasteiger partial charge in [0.2, 0.25) is 5.79 Å². The Kier molecular flexibility index (Phi) is 26.4. The molecule has 4 aliphatic rings. The van der Waals surface area contributed by atoms with Gasteiger partial charge in [-0.05, 0) is 138 Å². The number of cyclic esters (lactones) is 1. The summed E-state index contributed by atoms with van der Waals surface area (Å²) in [4.78, 5) is 59.0. The van der Waals surface area contributed by atoms with Crippen molar-refractivity contribution in [1.29, 1.82) is 0 Å². The quantitative estimate of drug-likeness (QED) is 0.0569. The molecule has 4 rings (SSSR count). The van der Waals surface area contributed by atoms with E-state index in [0.29, 0.717) is 83.0 Å². The average molecular weight is 1030 g/mol. The van der Waals surface area contributed by atoms with Gasteiger partial charge in [-0.1, -0.05) is 77.7 Å². The molecule has 2 saturated heterocycles. The maximum atomic E-state index is 14.6. The normalized spacial score (nSPS) is 37.3. The zero-order chi connectivity index (χ0) is 53.8. The summed E-state index contributed by atoms with van der Waals surface area (Å²) in [5, 5.41) is 42.6. The van der Waals surface area contributed by atoms with Crippen LogP contribution in [-0.2, 0) is 47.6 Å². The first-order chi connectivity index (χ1) is 34.8. The van der Waals surface area contributed by atoms with Gasteiger partial charge in [-0.3, -0.25) is 14.4 Å². The highest BCUT2D eigenvalue weighted by atomic mass is 16.6. The minimum absolute atomic E-state index is 0.0183. The Labute approximate surface area is 436 Å². The van der Waals surface area contributed by atoms with Crippen LogP contribution < -0.4 is 0 Å². The molecule has 2 bridgehead atoms. The molecule has 15 heteroatoms. The van der Waals surface area contributed by atoms with Crippen molar-refractivity contribution >= 4 is 23.4 Å². The molecule has 3 heterocycles. The standard InChI is InChI=1S/C58H93NO14/c1-37-19-12-11-13-20-38(2)50(71-29-17-16-27-60)35-46-24-22-43(7)58(67,73-46)55(64)56(65)59-26-15-14-21-47(59)57(66)72-51(41(5)33-45-23-25-49(52(34-45)68-9)70-30-18-28-61)36-48(62)40(4)32-42(6)53(63)54(69-10)44(8)39(3)31-37/h11-13,19-20,32,37,39-41,43,45-47,49-54,60-61,63,67H,8,14-18,21-31,33-36H2,1-7,9-10H3/b13-11+,19-12+,38-20+,42-32+/t37-,39-,40-,41-,43-,45+,46+,47+,49-,50?,51+,52-,53-,54+,58-/m1/s1. The van der Waals surface area contributed by atoms with Crippen LogP contribution in [-0.4, -0.2) is 151 Å². The van der Waals surface area contributed by atoms with Crippen LogP contribution in [0.2, 0.25) is 0 Å². The van der Waals surface area contributed by atoms with Crippen molar-refractivity contribution in [3.05, 3.63) is 59.8 Å². The molecular formula is C58H93NO14. The summed E-state index contributed by atoms with van der Waals surface area (Å²) < 4.78 is 36.8. The third kappa shape index (κ3) is 18.1. The SMILES string of the molecule is C=C1[C@H](C)C[C@H](C)/C=C/C=C/C=C(\C)C(OCCCCO)C[C@@H]2CC[C@@H](C)[C@@](O)(O2)C(=O)C(=O)N2CCCC[C@H]2C(=O)O[C@H]([C@H](C)C[C@@H]2CC[C@@H](OCCCO)[C@H](OC)C2)CC(=O)[C@H](C)/C=C(\C)[C@@H](O)[C@H]1OC. The number of carbonyl (C=O) groups excluding carboxylic acids is 4. The first kappa shape index (κ1) is 62.2. The molecule has 0 radical (unpaired) electrons. The van der Waals surface area contributed by atoms with Gasteiger partial charge in [0.25, 0.3) is 11.7 Å². The molecule has 1 amide bonds. The first-order valence-corrected chi connectivity index (χ1v) is 27.4. The number of nitrogens with zero attached hydrogens (tertiary/aromatic N) is 1. The summed E-state index contributed by atoms with van der Waals surface area (Å²) in [6.07, 6.45) is 15.3. The van der Waals surface area contributed by atoms with E-state index >= 15 is 0 Å². The molecule has 0 spiro atoms. The molecular weight excluding hydrogens is 935 g/mol. The summed E-state index contributed by atoms with van der Waals surface area (Å²) in [6.45, 7) is 18.6. The fourth-order valence-electron chi connectivity index (χ4n) is 11.1. The number of aliphatic hydroxyl groups excluding tert-OH is 3. The Bertz CT molecular complexity index is 1900. The number of esters is 1. The number of fused-ring (bicyclic) bond motifs is 3. The molecule has 0 aromatic rings. The number of Topliss-reactive ketones (excluding diaryl/α,β-unsaturated/α-hetero) is 2. The van der Waals surface area contributed by atoms with Crippen molar-refractivity contribution in [3.8, 4) is 0 Å². The molecule has 1 aliphatic carbocycles. The number of hydrogen-bond donors (Lipinski definition) is 4. The number of amides is 1. The van der Waals surface area contributed by atoms with E-state index < -0.39 is 71.8 Å². The van der Waals surface area contributed by atoms with Crippen molar-refractivity contribution in [2.75, 3.05) is 47.2 Å². The predicted octanol–water partition coefficient (Wildman–Crippen LogP) is 7.72. The van der Waals surface area contributed by atoms with Gasteiger partial charge in [0.15, 0.2) is 0 Å². The van der Waals surface area contributed by atoms with E-state index in [-0.39, 0.29) is 74.3 Å². The van der Waals surface area contributed by atoms with Gasteiger partial charge < -0.3 is 53.7 Å². The Morgan fingerprint density at radius 2 is 1.56 bits per heavy atom. The second-order valence-corrected chi connectivity index (χ2v) is 21.7. The van der Waals surface area contributed by atoms with E-state index in [0.717, 1.165) is 30.4 Å². The van der Waals surface area contributed by atoms with Crippen LogP contribution in [0.25, 0.3) is 0 Å². The minimum atomic E-state index is -2.46. The first-order valence-electron chi connectivity index (χ1n) is 27.4. The minimum Gasteiger partial charge on any atom is -0.460 e. The van der Waals surface area contributed by atoms with Gasteiger partial charge in [0, 0.05) is 71.9 Å². The molecule has 1 unspecified atom stereocenters. The zero-order valence-corrected chi connectivity index (χ0v) is 45.7. The molecule has 73 heavy (non-hydrogen) atoms. The lowest BCUT2D eigenvalue weighted by Gasteiger charge is -2.43. The van der Waals surface area contributed by atoms with Crippen molar-refractivity contribution in [2.24, 2.45) is 35.5 Å². The zero-order valence-electron chi connectivity index (χ0n) is 45.7. The summed E-state index contributed by atoms with van der Waals surface area (Å²) in [6, 6.07) is -1.14. The van der Waals surface area contributed by atoms with E-state index in [1.54, 1.807) is 34.0 Å². The van der Waals surface area contributed by atoms with Crippen LogP contribution in [0.15, 0.2) is 59.8 Å². The Balaban J connectivity index is 1.71. The summed E-state index contributed by atoms with van der Waals surface area (Å²) in [7, 11) is 3.20. The van der Waals surface area contributed by atoms with Crippen molar-refractivity contribution in [3.63, 3.8) is 0 Å². The van der Waals surface area contributed by atoms with Gasteiger partial charge >= 0.3 is 5.97 Å². The number of ketones is 2. The van der Waals surface area contributed by atoms with Gasteiger partial charge in [-0.25, -0.2) is 4.79 Å². The molecule has 0 aromatic heterocycles. The number of rotatable bonds is 14. The largest absolute Gasteiger partial charge is 0.460 e. The van der Waals surface area contributed by atoms with Gasteiger partial charge in [-0.15, -0.1) is 0 Å². The van der Waals surface area contributed by atoms with Crippen LogP contribution in [0.4, 0.5) is 0 Å². The number of methoxy groups -OCH3 is 2. The number of ether oxygens (including phenoxy) is 6. The molecule has 414 valence electrons. The highest BCUT2D eigenvalue weighted by Crippen LogP contribution is 2.38. The van der Waals surface area contributed by atoms with E-state index in [1.807, 2.05) is 38.2 Å². The van der Waals surface area contributed by atoms with Gasteiger partial charge in [0.05, 0.1) is 24.4 Å². The van der Waals surface area contributed by atoms with Gasteiger partial charge in [0.1, 0.15) is 30.1 Å². The van der Waals surface area contributed by atoms with Crippen LogP contribution in [0, 0.1) is 35.5 Å². The Hall–Kier alpha value is -3.38. The molecule has 3 fully saturated rings. The number of allylic oxidation sites excluding steroid dienone is 6.